The number of nitrogens with zero attached hydrogens (tertiary/aromatic N) is 2. The zero-order valence-electron chi connectivity index (χ0n) is 16.2. The Balaban J connectivity index is 1.50. The molecule has 4 nitrogen and oxygen atoms in total. The summed E-state index contributed by atoms with van der Waals surface area (Å²) in [7, 11) is 0. The van der Waals surface area contributed by atoms with E-state index in [9.17, 15) is 9.59 Å². The Labute approximate surface area is 160 Å². The predicted octanol–water partition coefficient (Wildman–Crippen LogP) is 3.96. The standard InChI is InChI=1S/C23H26N2O2/c1-4-24(18-10-7-8-15(2)12-18)22(26)19-14-20(19)23(27)25-16(3)13-17-9-5-6-11-21(17)25/h5-12,16,19-20H,4,13-14H2,1-3H3. The Hall–Kier alpha value is -2.62. The monoisotopic (exact) mass is 362 g/mol. The maximum Gasteiger partial charge on any atom is 0.231 e. The second-order valence-corrected chi connectivity index (χ2v) is 7.76. The van der Waals surface area contributed by atoms with Gasteiger partial charge in [0.2, 0.25) is 11.8 Å². The predicted molar refractivity (Wildman–Crippen MR) is 108 cm³/mol. The molecule has 1 aliphatic carbocycles. The van der Waals surface area contributed by atoms with Gasteiger partial charge in [0.1, 0.15) is 0 Å². The van der Waals surface area contributed by atoms with E-state index in [4.69, 9.17) is 0 Å². The molecule has 2 aromatic carbocycles. The number of hydrogen-bond donors (Lipinski definition) is 0. The van der Waals surface area contributed by atoms with Gasteiger partial charge < -0.3 is 9.80 Å². The SMILES string of the molecule is CCN(C(=O)C1CC1C(=O)N1c2ccccc2CC1C)c1cccc(C)c1. The first-order valence-electron chi connectivity index (χ1n) is 9.80. The molecule has 0 saturated heterocycles. The summed E-state index contributed by atoms with van der Waals surface area (Å²) >= 11 is 0. The van der Waals surface area contributed by atoms with Crippen LogP contribution in [0, 0.1) is 18.8 Å². The molecule has 2 aliphatic rings. The van der Waals surface area contributed by atoms with Crippen LogP contribution in [0.25, 0.3) is 0 Å². The summed E-state index contributed by atoms with van der Waals surface area (Å²) in [6, 6.07) is 16.2. The number of benzene rings is 2. The van der Waals surface area contributed by atoms with Crippen LogP contribution in [0.4, 0.5) is 11.4 Å². The van der Waals surface area contributed by atoms with Gasteiger partial charge in [0.05, 0.1) is 11.8 Å². The molecule has 0 N–H and O–H groups in total. The van der Waals surface area contributed by atoms with Crippen LogP contribution in [0.15, 0.2) is 48.5 Å². The van der Waals surface area contributed by atoms with Gasteiger partial charge in [0.15, 0.2) is 0 Å². The lowest BCUT2D eigenvalue weighted by Gasteiger charge is -2.24. The first-order valence-corrected chi connectivity index (χ1v) is 9.80. The lowest BCUT2D eigenvalue weighted by Crippen LogP contribution is -2.39. The van der Waals surface area contributed by atoms with Crippen molar-refractivity contribution in [3.05, 3.63) is 59.7 Å². The molecule has 1 fully saturated rings. The van der Waals surface area contributed by atoms with E-state index in [0.717, 1.165) is 23.4 Å². The maximum absolute atomic E-state index is 13.2. The van der Waals surface area contributed by atoms with Crippen LogP contribution in [0.5, 0.6) is 0 Å². The highest BCUT2D eigenvalue weighted by Gasteiger charge is 2.52. The van der Waals surface area contributed by atoms with E-state index in [0.29, 0.717) is 13.0 Å². The number of anilines is 2. The number of aryl methyl sites for hydroxylation is 1. The Morgan fingerprint density at radius 1 is 1.11 bits per heavy atom. The van der Waals surface area contributed by atoms with Gasteiger partial charge in [-0.1, -0.05) is 30.3 Å². The summed E-state index contributed by atoms with van der Waals surface area (Å²) < 4.78 is 0. The smallest absolute Gasteiger partial charge is 0.231 e. The van der Waals surface area contributed by atoms with E-state index in [1.807, 2.05) is 66.1 Å². The quantitative estimate of drug-likeness (QED) is 0.826. The highest BCUT2D eigenvalue weighted by molar-refractivity contribution is 6.06. The number of fused-ring (bicyclic) bond motifs is 1. The van der Waals surface area contributed by atoms with Gasteiger partial charge in [0, 0.05) is 24.0 Å². The number of para-hydroxylation sites is 1. The minimum absolute atomic E-state index is 0.0709. The molecule has 2 aromatic rings. The minimum Gasteiger partial charge on any atom is -0.312 e. The number of carbonyl (C=O) groups is 2. The molecule has 3 atom stereocenters. The van der Waals surface area contributed by atoms with E-state index in [1.165, 1.54) is 5.56 Å². The maximum atomic E-state index is 13.2. The largest absolute Gasteiger partial charge is 0.312 e. The van der Waals surface area contributed by atoms with E-state index >= 15 is 0 Å². The van der Waals surface area contributed by atoms with Crippen molar-refractivity contribution in [1.82, 2.24) is 0 Å². The number of amides is 2. The number of carbonyl (C=O) groups excluding carboxylic acids is 2. The summed E-state index contributed by atoms with van der Waals surface area (Å²) in [6.45, 7) is 6.71. The lowest BCUT2D eigenvalue weighted by molar-refractivity contribution is -0.124. The first kappa shape index (κ1) is 17.8. The van der Waals surface area contributed by atoms with Crippen LogP contribution in [0.2, 0.25) is 0 Å². The van der Waals surface area contributed by atoms with Crippen LogP contribution >= 0.6 is 0 Å². The Bertz CT molecular complexity index is 891. The minimum atomic E-state index is -0.196. The Kier molecular flexibility index (Phi) is 4.50. The van der Waals surface area contributed by atoms with Crippen LogP contribution in [0.1, 0.15) is 31.4 Å². The van der Waals surface area contributed by atoms with Crippen molar-refractivity contribution in [3.63, 3.8) is 0 Å². The summed E-state index contributed by atoms with van der Waals surface area (Å²) in [4.78, 5) is 29.9. The molecule has 140 valence electrons. The first-order chi connectivity index (χ1) is 13.0. The average molecular weight is 362 g/mol. The molecular formula is C23H26N2O2. The van der Waals surface area contributed by atoms with Crippen LogP contribution in [0.3, 0.4) is 0 Å². The van der Waals surface area contributed by atoms with Crippen molar-refractivity contribution in [2.75, 3.05) is 16.3 Å². The average Bonchev–Trinajstić information content (AvgIpc) is 3.38. The van der Waals surface area contributed by atoms with Gasteiger partial charge in [-0.2, -0.15) is 0 Å². The summed E-state index contributed by atoms with van der Waals surface area (Å²) in [6.07, 6.45) is 1.54. The van der Waals surface area contributed by atoms with E-state index in [2.05, 4.69) is 13.0 Å². The van der Waals surface area contributed by atoms with Crippen LogP contribution in [-0.4, -0.2) is 24.4 Å². The van der Waals surface area contributed by atoms with Gasteiger partial charge in [0.25, 0.3) is 0 Å². The van der Waals surface area contributed by atoms with E-state index in [-0.39, 0.29) is 29.7 Å². The summed E-state index contributed by atoms with van der Waals surface area (Å²) in [5, 5.41) is 0. The zero-order chi connectivity index (χ0) is 19.1. The molecule has 27 heavy (non-hydrogen) atoms. The molecule has 0 aromatic heterocycles. The molecule has 0 radical (unpaired) electrons. The molecule has 1 heterocycles. The van der Waals surface area contributed by atoms with Crippen LogP contribution in [-0.2, 0) is 16.0 Å². The van der Waals surface area contributed by atoms with Crippen molar-refractivity contribution in [1.29, 1.82) is 0 Å². The summed E-state index contributed by atoms with van der Waals surface area (Å²) in [5.41, 5.74) is 4.28. The third kappa shape index (κ3) is 3.14. The highest BCUT2D eigenvalue weighted by atomic mass is 16.2. The zero-order valence-corrected chi connectivity index (χ0v) is 16.2. The molecule has 2 amide bonds. The van der Waals surface area contributed by atoms with Gasteiger partial charge in [-0.05, 0) is 62.9 Å². The fourth-order valence-corrected chi connectivity index (χ4v) is 4.28. The normalized spacial score (nSPS) is 23.1. The van der Waals surface area contributed by atoms with Gasteiger partial charge in [-0.15, -0.1) is 0 Å². The third-order valence-electron chi connectivity index (χ3n) is 5.77. The van der Waals surface area contributed by atoms with Crippen LogP contribution < -0.4 is 9.80 Å². The molecular weight excluding hydrogens is 336 g/mol. The van der Waals surface area contributed by atoms with Crippen molar-refractivity contribution < 1.29 is 9.59 Å². The number of hydrogen-bond acceptors (Lipinski definition) is 2. The van der Waals surface area contributed by atoms with Crippen molar-refractivity contribution in [2.24, 2.45) is 11.8 Å². The van der Waals surface area contributed by atoms with Crippen molar-refractivity contribution in [2.45, 2.75) is 39.7 Å². The Morgan fingerprint density at radius 2 is 1.89 bits per heavy atom. The Morgan fingerprint density at radius 3 is 2.63 bits per heavy atom. The highest BCUT2D eigenvalue weighted by Crippen LogP contribution is 2.45. The molecule has 1 aliphatic heterocycles. The molecule has 4 rings (SSSR count). The fraction of sp³-hybridized carbons (Fsp3) is 0.391. The van der Waals surface area contributed by atoms with Crippen molar-refractivity contribution in [3.8, 4) is 0 Å². The lowest BCUT2D eigenvalue weighted by atomic mass is 10.1. The second kappa shape index (κ2) is 6.84. The van der Waals surface area contributed by atoms with Gasteiger partial charge in [-0.25, -0.2) is 0 Å². The fourth-order valence-electron chi connectivity index (χ4n) is 4.28. The topological polar surface area (TPSA) is 40.6 Å². The second-order valence-electron chi connectivity index (χ2n) is 7.76. The molecule has 1 saturated carbocycles. The van der Waals surface area contributed by atoms with E-state index < -0.39 is 0 Å². The summed E-state index contributed by atoms with van der Waals surface area (Å²) in [5.74, 6) is -0.212. The van der Waals surface area contributed by atoms with E-state index in [1.54, 1.807) is 0 Å². The van der Waals surface area contributed by atoms with Gasteiger partial charge in [-0.3, -0.25) is 9.59 Å². The third-order valence-corrected chi connectivity index (χ3v) is 5.77. The van der Waals surface area contributed by atoms with Crippen molar-refractivity contribution >= 4 is 23.2 Å². The molecule has 4 heteroatoms. The molecule has 3 unspecified atom stereocenters. The molecule has 0 spiro atoms. The molecule has 0 bridgehead atoms. The van der Waals surface area contributed by atoms with Gasteiger partial charge >= 0.3 is 0 Å². The number of rotatable bonds is 4.